The minimum atomic E-state index is -0.508. The van der Waals surface area contributed by atoms with E-state index in [9.17, 15) is 8.78 Å². The predicted octanol–water partition coefficient (Wildman–Crippen LogP) is 5.31. The maximum absolute atomic E-state index is 14.6. The molecule has 0 aliphatic carbocycles. The van der Waals surface area contributed by atoms with E-state index in [2.05, 4.69) is 20.3 Å². The highest BCUT2D eigenvalue weighted by molar-refractivity contribution is 5.80. The summed E-state index contributed by atoms with van der Waals surface area (Å²) in [5, 5.41) is 4.14. The molecule has 0 saturated heterocycles. The zero-order valence-corrected chi connectivity index (χ0v) is 15.6. The zero-order chi connectivity index (χ0) is 19.7. The number of aryl methyl sites for hydroxylation is 1. The van der Waals surface area contributed by atoms with Crippen molar-refractivity contribution in [2.75, 3.05) is 5.32 Å². The Hall–Kier alpha value is -3.28. The Morgan fingerprint density at radius 2 is 1.86 bits per heavy atom. The molecule has 1 aromatic carbocycles. The molecule has 0 fully saturated rings. The van der Waals surface area contributed by atoms with Gasteiger partial charge in [0.05, 0.1) is 0 Å². The number of nitrogens with zero attached hydrogens (tertiary/aromatic N) is 2. The minimum absolute atomic E-state index is 0.124. The lowest BCUT2D eigenvalue weighted by atomic mass is 10.1. The summed E-state index contributed by atoms with van der Waals surface area (Å²) >= 11 is 0. The molecule has 0 aliphatic rings. The summed E-state index contributed by atoms with van der Waals surface area (Å²) in [4.78, 5) is 11.5. The van der Waals surface area contributed by atoms with E-state index in [0.717, 1.165) is 27.7 Å². The van der Waals surface area contributed by atoms with Crippen LogP contribution in [-0.4, -0.2) is 15.0 Å². The molecule has 3 aromatic heterocycles. The number of H-pyrrole nitrogens is 1. The van der Waals surface area contributed by atoms with Crippen LogP contribution in [0.15, 0.2) is 54.9 Å². The fourth-order valence-corrected chi connectivity index (χ4v) is 3.25. The molecule has 4 aromatic rings. The number of benzene rings is 1. The van der Waals surface area contributed by atoms with Crippen LogP contribution in [0.2, 0.25) is 0 Å². The summed E-state index contributed by atoms with van der Waals surface area (Å²) in [6, 6.07) is 11.6. The van der Waals surface area contributed by atoms with Gasteiger partial charge in [-0.25, -0.2) is 14.4 Å². The third-order valence-corrected chi connectivity index (χ3v) is 4.79. The highest BCUT2D eigenvalue weighted by Crippen LogP contribution is 2.23. The van der Waals surface area contributed by atoms with Gasteiger partial charge in [-0.05, 0) is 54.8 Å². The van der Waals surface area contributed by atoms with Crippen molar-refractivity contribution in [3.05, 3.63) is 88.9 Å². The Morgan fingerprint density at radius 1 is 1.07 bits per heavy atom. The predicted molar refractivity (Wildman–Crippen MR) is 106 cm³/mol. The normalized spacial score (nSPS) is 12.3. The van der Waals surface area contributed by atoms with E-state index in [1.807, 2.05) is 26.1 Å². The van der Waals surface area contributed by atoms with E-state index in [1.54, 1.807) is 30.5 Å². The summed E-state index contributed by atoms with van der Waals surface area (Å²) in [5.74, 6) is -0.354. The van der Waals surface area contributed by atoms with Gasteiger partial charge in [-0.15, -0.1) is 0 Å². The molecule has 0 bridgehead atoms. The standard InChI is InChI=1S/C22H20F2N4/c1-13-9-19-17(12-26-22(19)25-11-13)10-16-5-8-20(28-21(16)24)27-14(2)15-3-6-18(23)7-4-15/h3-9,11-12,14H,10H2,1-2H3,(H,25,26)(H,27,28)/t14-/m0/s1. The van der Waals surface area contributed by atoms with Gasteiger partial charge in [0, 0.05) is 35.8 Å². The molecule has 0 saturated carbocycles. The van der Waals surface area contributed by atoms with Gasteiger partial charge in [-0.3, -0.25) is 0 Å². The Kier molecular flexibility index (Phi) is 4.77. The van der Waals surface area contributed by atoms with E-state index < -0.39 is 5.95 Å². The van der Waals surface area contributed by atoms with Crippen molar-refractivity contribution in [1.82, 2.24) is 15.0 Å². The number of rotatable bonds is 5. The topological polar surface area (TPSA) is 53.6 Å². The van der Waals surface area contributed by atoms with E-state index in [-0.39, 0.29) is 11.9 Å². The Labute approximate surface area is 161 Å². The molecule has 0 radical (unpaired) electrons. The maximum atomic E-state index is 14.6. The summed E-state index contributed by atoms with van der Waals surface area (Å²) < 4.78 is 27.7. The number of aromatic amines is 1. The molecule has 4 nitrogen and oxygen atoms in total. The number of fused-ring (bicyclic) bond motifs is 1. The zero-order valence-electron chi connectivity index (χ0n) is 15.6. The quantitative estimate of drug-likeness (QED) is 0.463. The van der Waals surface area contributed by atoms with Gasteiger partial charge in [0.2, 0.25) is 5.95 Å². The SMILES string of the molecule is Cc1cnc2[nH]cc(Cc3ccc(N[C@@H](C)c4ccc(F)cc4)nc3F)c2c1. The van der Waals surface area contributed by atoms with Crippen molar-refractivity contribution >= 4 is 16.9 Å². The fourth-order valence-electron chi connectivity index (χ4n) is 3.25. The number of aromatic nitrogens is 3. The first-order chi connectivity index (χ1) is 13.5. The fraction of sp³-hybridized carbons (Fsp3) is 0.182. The van der Waals surface area contributed by atoms with E-state index in [0.29, 0.717) is 17.8 Å². The number of hydrogen-bond acceptors (Lipinski definition) is 3. The van der Waals surface area contributed by atoms with Crippen molar-refractivity contribution in [1.29, 1.82) is 0 Å². The Balaban J connectivity index is 1.52. The monoisotopic (exact) mass is 378 g/mol. The lowest BCUT2D eigenvalue weighted by Crippen LogP contribution is -2.09. The summed E-state index contributed by atoms with van der Waals surface area (Å²) in [5.41, 5.74) is 4.24. The lowest BCUT2D eigenvalue weighted by molar-refractivity contribution is 0.571. The molecule has 1 atom stereocenters. The van der Waals surface area contributed by atoms with Crippen molar-refractivity contribution in [2.24, 2.45) is 0 Å². The number of hydrogen-bond donors (Lipinski definition) is 2. The van der Waals surface area contributed by atoms with E-state index in [1.165, 1.54) is 12.1 Å². The second-order valence-corrected chi connectivity index (χ2v) is 6.96. The first-order valence-corrected chi connectivity index (χ1v) is 9.09. The van der Waals surface area contributed by atoms with Gasteiger partial charge < -0.3 is 10.3 Å². The Bertz CT molecular complexity index is 1120. The molecular formula is C22H20F2N4. The smallest absolute Gasteiger partial charge is 0.218 e. The molecule has 142 valence electrons. The van der Waals surface area contributed by atoms with Crippen molar-refractivity contribution in [2.45, 2.75) is 26.3 Å². The minimum Gasteiger partial charge on any atom is -0.363 e. The molecule has 6 heteroatoms. The molecule has 0 spiro atoms. The van der Waals surface area contributed by atoms with Crippen LogP contribution >= 0.6 is 0 Å². The van der Waals surface area contributed by atoms with Gasteiger partial charge in [0.25, 0.3) is 0 Å². The molecule has 0 unspecified atom stereocenters. The summed E-state index contributed by atoms with van der Waals surface area (Å²) in [6.45, 7) is 3.90. The average Bonchev–Trinajstić information content (AvgIpc) is 3.06. The van der Waals surface area contributed by atoms with Crippen molar-refractivity contribution in [3.63, 3.8) is 0 Å². The first-order valence-electron chi connectivity index (χ1n) is 9.09. The summed E-state index contributed by atoms with van der Waals surface area (Å²) in [7, 11) is 0. The molecular weight excluding hydrogens is 358 g/mol. The van der Waals surface area contributed by atoms with Crippen molar-refractivity contribution < 1.29 is 8.78 Å². The number of pyridine rings is 2. The maximum Gasteiger partial charge on any atom is 0.218 e. The van der Waals surface area contributed by atoms with Crippen molar-refractivity contribution in [3.8, 4) is 0 Å². The molecule has 4 rings (SSSR count). The largest absolute Gasteiger partial charge is 0.363 e. The van der Waals surface area contributed by atoms with E-state index in [4.69, 9.17) is 0 Å². The third kappa shape index (κ3) is 3.71. The van der Waals surface area contributed by atoms with Crippen LogP contribution in [-0.2, 0) is 6.42 Å². The molecule has 2 N–H and O–H groups in total. The Morgan fingerprint density at radius 3 is 2.61 bits per heavy atom. The number of halogens is 2. The van der Waals surface area contributed by atoms with Gasteiger partial charge in [0.15, 0.2) is 0 Å². The van der Waals surface area contributed by atoms with Crippen LogP contribution in [0.25, 0.3) is 11.0 Å². The van der Waals surface area contributed by atoms with Crippen LogP contribution in [0.1, 0.15) is 35.2 Å². The molecule has 0 amide bonds. The summed E-state index contributed by atoms with van der Waals surface area (Å²) in [6.07, 6.45) is 4.09. The van der Waals surface area contributed by atoms with Crippen LogP contribution in [0.4, 0.5) is 14.6 Å². The van der Waals surface area contributed by atoms with Gasteiger partial charge in [-0.2, -0.15) is 4.39 Å². The van der Waals surface area contributed by atoms with Crippen LogP contribution in [0.5, 0.6) is 0 Å². The van der Waals surface area contributed by atoms with E-state index >= 15 is 0 Å². The highest BCUT2D eigenvalue weighted by Gasteiger charge is 2.12. The third-order valence-electron chi connectivity index (χ3n) is 4.79. The highest BCUT2D eigenvalue weighted by atomic mass is 19.1. The van der Waals surface area contributed by atoms with Crippen LogP contribution in [0, 0.1) is 18.7 Å². The molecule has 0 aliphatic heterocycles. The number of anilines is 1. The molecule has 28 heavy (non-hydrogen) atoms. The van der Waals surface area contributed by atoms with Gasteiger partial charge in [0.1, 0.15) is 17.3 Å². The second-order valence-electron chi connectivity index (χ2n) is 6.96. The van der Waals surface area contributed by atoms with Crippen LogP contribution < -0.4 is 5.32 Å². The van der Waals surface area contributed by atoms with Gasteiger partial charge >= 0.3 is 0 Å². The number of nitrogens with one attached hydrogen (secondary N) is 2. The van der Waals surface area contributed by atoms with Crippen LogP contribution in [0.3, 0.4) is 0 Å². The molecule has 3 heterocycles. The average molecular weight is 378 g/mol. The first kappa shape index (κ1) is 18.1. The van der Waals surface area contributed by atoms with Gasteiger partial charge in [-0.1, -0.05) is 18.2 Å². The second kappa shape index (κ2) is 7.38. The lowest BCUT2D eigenvalue weighted by Gasteiger charge is -2.15.